The first-order valence-electron chi connectivity index (χ1n) is 12.0. The van der Waals surface area contributed by atoms with E-state index < -0.39 is 11.6 Å². The Morgan fingerprint density at radius 1 is 0.935 bits per heavy atom. The highest BCUT2D eigenvalue weighted by Gasteiger charge is 2.25. The zero-order valence-corrected chi connectivity index (χ0v) is 19.3. The molecule has 0 heterocycles. The van der Waals surface area contributed by atoms with E-state index >= 15 is 0 Å². The van der Waals surface area contributed by atoms with Crippen LogP contribution in [0.3, 0.4) is 0 Å². The van der Waals surface area contributed by atoms with E-state index in [1.54, 1.807) is 0 Å². The van der Waals surface area contributed by atoms with E-state index in [0.717, 1.165) is 29.0 Å². The quantitative estimate of drug-likeness (QED) is 0.311. The molecule has 0 aliphatic heterocycles. The highest BCUT2D eigenvalue weighted by molar-refractivity contribution is 5.45. The molecule has 1 aliphatic carbocycles. The lowest BCUT2D eigenvalue weighted by Crippen LogP contribution is -2.21. The van der Waals surface area contributed by atoms with Gasteiger partial charge in [-0.05, 0) is 73.8 Å². The second-order valence-electron chi connectivity index (χ2n) is 9.51. The largest absolute Gasteiger partial charge is 0.206 e. The maximum atomic E-state index is 14.6. The van der Waals surface area contributed by atoms with E-state index in [2.05, 4.69) is 25.7 Å². The third kappa shape index (κ3) is 6.93. The van der Waals surface area contributed by atoms with Gasteiger partial charge in [0.15, 0.2) is 0 Å². The molecule has 0 N–H and O–H groups in total. The Hall–Kier alpha value is -2.14. The molecule has 1 atom stereocenters. The lowest BCUT2D eigenvalue weighted by atomic mass is 9.73. The van der Waals surface area contributed by atoms with Crippen molar-refractivity contribution in [2.24, 2.45) is 17.8 Å². The van der Waals surface area contributed by atoms with Crippen molar-refractivity contribution in [2.45, 2.75) is 78.6 Å². The first-order valence-corrected chi connectivity index (χ1v) is 12.0. The van der Waals surface area contributed by atoms with Crippen molar-refractivity contribution in [1.29, 1.82) is 0 Å². The van der Waals surface area contributed by atoms with Crippen molar-refractivity contribution < 1.29 is 8.78 Å². The molecule has 0 nitrogen and oxygen atoms in total. The SMILES string of the molecule is CCCCCC1CCC(C(C)Cc2cc(F)c(C#Cc3ccc(C)cc3)c(F)c2)CC1. The second-order valence-corrected chi connectivity index (χ2v) is 9.51. The standard InChI is InChI=1S/C29H36F2/c1-4-5-6-7-23-12-15-26(16-13-23)22(3)18-25-19-28(30)27(29(31)20-25)17-14-24-10-8-21(2)9-11-24/h8-11,19-20,22-23,26H,4-7,12-13,15-16,18H2,1-3H3. The maximum Gasteiger partial charge on any atom is 0.142 e. The Kier molecular flexibility index (Phi) is 8.70. The molecule has 3 rings (SSSR count). The average molecular weight is 423 g/mol. The van der Waals surface area contributed by atoms with Crippen LogP contribution in [0.5, 0.6) is 0 Å². The van der Waals surface area contributed by atoms with E-state index in [0.29, 0.717) is 11.8 Å². The molecular weight excluding hydrogens is 386 g/mol. The van der Waals surface area contributed by atoms with Crippen LogP contribution in [0.4, 0.5) is 8.78 Å². The van der Waals surface area contributed by atoms with Crippen LogP contribution in [-0.2, 0) is 6.42 Å². The first kappa shape index (κ1) is 23.5. The summed E-state index contributed by atoms with van der Waals surface area (Å²) in [5.74, 6) is 6.44. The molecular formula is C29H36F2. The Bertz CT molecular complexity index is 870. The van der Waals surface area contributed by atoms with Crippen LogP contribution in [0.2, 0.25) is 0 Å². The summed E-state index contributed by atoms with van der Waals surface area (Å²) in [6, 6.07) is 10.6. The van der Waals surface area contributed by atoms with Gasteiger partial charge < -0.3 is 0 Å². The molecule has 31 heavy (non-hydrogen) atoms. The monoisotopic (exact) mass is 422 g/mol. The highest BCUT2D eigenvalue weighted by atomic mass is 19.1. The third-order valence-corrected chi connectivity index (χ3v) is 6.96. The van der Waals surface area contributed by atoms with Gasteiger partial charge in [0.2, 0.25) is 0 Å². The van der Waals surface area contributed by atoms with Crippen LogP contribution in [0.15, 0.2) is 36.4 Å². The number of unbranched alkanes of at least 4 members (excludes halogenated alkanes) is 2. The number of rotatable bonds is 7. The molecule has 1 unspecified atom stereocenters. The van der Waals surface area contributed by atoms with E-state index in [1.165, 1.54) is 63.5 Å². The van der Waals surface area contributed by atoms with Crippen molar-refractivity contribution in [3.05, 3.63) is 70.3 Å². The minimum Gasteiger partial charge on any atom is -0.206 e. The van der Waals surface area contributed by atoms with Crippen molar-refractivity contribution in [3.63, 3.8) is 0 Å². The Morgan fingerprint density at radius 3 is 2.19 bits per heavy atom. The summed E-state index contributed by atoms with van der Waals surface area (Å²) in [6.07, 6.45) is 11.2. The molecule has 0 radical (unpaired) electrons. The van der Waals surface area contributed by atoms with Crippen LogP contribution in [0, 0.1) is 48.2 Å². The maximum absolute atomic E-state index is 14.6. The van der Waals surface area contributed by atoms with Crippen molar-refractivity contribution >= 4 is 0 Å². The lowest BCUT2D eigenvalue weighted by molar-refractivity contribution is 0.204. The molecule has 0 amide bonds. The summed E-state index contributed by atoms with van der Waals surface area (Å²) < 4.78 is 29.3. The first-order chi connectivity index (χ1) is 15.0. The van der Waals surface area contributed by atoms with Gasteiger partial charge in [-0.2, -0.15) is 0 Å². The van der Waals surface area contributed by atoms with Gasteiger partial charge in [0.25, 0.3) is 0 Å². The molecule has 1 saturated carbocycles. The topological polar surface area (TPSA) is 0 Å². The van der Waals surface area contributed by atoms with Gasteiger partial charge in [0.1, 0.15) is 11.6 Å². The molecule has 0 bridgehead atoms. The number of aryl methyl sites for hydroxylation is 1. The molecule has 1 fully saturated rings. The van der Waals surface area contributed by atoms with Gasteiger partial charge in [0, 0.05) is 5.56 Å². The lowest BCUT2D eigenvalue weighted by Gasteiger charge is -2.32. The zero-order chi connectivity index (χ0) is 22.2. The predicted molar refractivity (Wildman–Crippen MR) is 126 cm³/mol. The minimum atomic E-state index is -0.554. The van der Waals surface area contributed by atoms with Crippen LogP contribution in [0.1, 0.15) is 87.5 Å². The van der Waals surface area contributed by atoms with E-state index in [4.69, 9.17) is 0 Å². The van der Waals surface area contributed by atoms with Crippen molar-refractivity contribution in [3.8, 4) is 11.8 Å². The molecule has 2 aromatic rings. The van der Waals surface area contributed by atoms with E-state index in [1.807, 2.05) is 31.2 Å². The minimum absolute atomic E-state index is 0.135. The molecule has 1 aliphatic rings. The second kappa shape index (κ2) is 11.5. The fourth-order valence-corrected chi connectivity index (χ4v) is 4.90. The van der Waals surface area contributed by atoms with Gasteiger partial charge >= 0.3 is 0 Å². The zero-order valence-electron chi connectivity index (χ0n) is 19.3. The molecule has 2 heteroatoms. The van der Waals surface area contributed by atoms with Gasteiger partial charge in [0.05, 0.1) is 5.56 Å². The summed E-state index contributed by atoms with van der Waals surface area (Å²) in [4.78, 5) is 0. The highest BCUT2D eigenvalue weighted by Crippen LogP contribution is 2.37. The van der Waals surface area contributed by atoms with Crippen LogP contribution in [-0.4, -0.2) is 0 Å². The van der Waals surface area contributed by atoms with Gasteiger partial charge in [-0.25, -0.2) is 8.78 Å². The van der Waals surface area contributed by atoms with Gasteiger partial charge in [-0.1, -0.05) is 81.9 Å². The molecule has 166 valence electrons. The summed E-state index contributed by atoms with van der Waals surface area (Å²) in [6.45, 7) is 6.49. The van der Waals surface area contributed by atoms with Crippen molar-refractivity contribution in [2.75, 3.05) is 0 Å². The molecule has 0 spiro atoms. The molecule has 0 aromatic heterocycles. The molecule has 0 saturated heterocycles. The summed E-state index contributed by atoms with van der Waals surface area (Å²) in [7, 11) is 0. The van der Waals surface area contributed by atoms with E-state index in [9.17, 15) is 8.78 Å². The number of hydrogen-bond donors (Lipinski definition) is 0. The van der Waals surface area contributed by atoms with Gasteiger partial charge in [-0.15, -0.1) is 0 Å². The fourth-order valence-electron chi connectivity index (χ4n) is 4.90. The summed E-state index contributed by atoms with van der Waals surface area (Å²) >= 11 is 0. The van der Waals surface area contributed by atoms with Crippen LogP contribution < -0.4 is 0 Å². The summed E-state index contributed by atoms with van der Waals surface area (Å²) in [5, 5.41) is 0. The van der Waals surface area contributed by atoms with Crippen LogP contribution >= 0.6 is 0 Å². The van der Waals surface area contributed by atoms with E-state index in [-0.39, 0.29) is 5.56 Å². The number of benzene rings is 2. The van der Waals surface area contributed by atoms with Gasteiger partial charge in [-0.3, -0.25) is 0 Å². The molecule has 2 aromatic carbocycles. The van der Waals surface area contributed by atoms with Crippen LogP contribution in [0.25, 0.3) is 0 Å². The van der Waals surface area contributed by atoms with Crippen molar-refractivity contribution in [1.82, 2.24) is 0 Å². The average Bonchev–Trinajstić information content (AvgIpc) is 2.75. The normalized spacial score (nSPS) is 19.5. The predicted octanol–water partition coefficient (Wildman–Crippen LogP) is 8.24. The smallest absolute Gasteiger partial charge is 0.142 e. The number of halogens is 2. The number of hydrogen-bond acceptors (Lipinski definition) is 0. The Morgan fingerprint density at radius 2 is 1.58 bits per heavy atom. The third-order valence-electron chi connectivity index (χ3n) is 6.96. The fraction of sp³-hybridized carbons (Fsp3) is 0.517. The Balaban J connectivity index is 1.58. The summed E-state index contributed by atoms with van der Waals surface area (Å²) in [5.41, 5.74) is 2.50. The Labute approximate surface area is 187 Å².